The van der Waals surface area contributed by atoms with Gasteiger partial charge in [0.25, 0.3) is 10.0 Å². The molecular formula is C29H34FN3O4S2. The summed E-state index contributed by atoms with van der Waals surface area (Å²) in [5, 5.41) is 2.80. The maximum Gasteiger partial charge on any atom is 0.264 e. The van der Waals surface area contributed by atoms with Gasteiger partial charge in [-0.15, -0.1) is 11.8 Å². The normalized spacial score (nSPS) is 12.2. The number of amides is 2. The lowest BCUT2D eigenvalue weighted by molar-refractivity contribution is -0.139. The number of thioether (sulfide) groups is 1. The summed E-state index contributed by atoms with van der Waals surface area (Å²) < 4.78 is 42.3. The molecule has 0 aliphatic carbocycles. The standard InChI is InChI=1S/C29H34FN3O4S2/c1-20(2)31-29(35)22(4)32(18-23-8-10-24(30)11-9-23)28(34)19-33(25-12-6-21(3)7-13-25)39(36,37)27-16-14-26(38-5)15-17-27/h6-17,20,22H,18-19H2,1-5H3,(H,31,35)/t22-/m0/s1. The van der Waals surface area contributed by atoms with Crippen LogP contribution in [0.25, 0.3) is 0 Å². The molecular weight excluding hydrogens is 537 g/mol. The van der Waals surface area contributed by atoms with Crippen molar-refractivity contribution in [2.75, 3.05) is 17.1 Å². The van der Waals surface area contributed by atoms with Crippen molar-refractivity contribution in [1.29, 1.82) is 0 Å². The van der Waals surface area contributed by atoms with Crippen LogP contribution >= 0.6 is 11.8 Å². The van der Waals surface area contributed by atoms with E-state index in [9.17, 15) is 22.4 Å². The fourth-order valence-electron chi connectivity index (χ4n) is 3.89. The number of anilines is 1. The fourth-order valence-corrected chi connectivity index (χ4v) is 5.71. The minimum atomic E-state index is -4.14. The molecule has 0 aromatic heterocycles. The van der Waals surface area contributed by atoms with Gasteiger partial charge in [-0.1, -0.05) is 29.8 Å². The first-order valence-corrected chi connectivity index (χ1v) is 15.2. The number of hydrogen-bond donors (Lipinski definition) is 1. The van der Waals surface area contributed by atoms with Gasteiger partial charge in [-0.25, -0.2) is 12.8 Å². The second kappa shape index (κ2) is 13.1. The van der Waals surface area contributed by atoms with E-state index in [4.69, 9.17) is 0 Å². The minimum Gasteiger partial charge on any atom is -0.352 e. The molecule has 0 unspecified atom stereocenters. The molecule has 0 saturated carbocycles. The van der Waals surface area contributed by atoms with Crippen LogP contribution in [0.1, 0.15) is 31.9 Å². The van der Waals surface area contributed by atoms with Gasteiger partial charge in [0.05, 0.1) is 10.6 Å². The molecule has 3 aromatic carbocycles. The number of aryl methyl sites for hydroxylation is 1. The van der Waals surface area contributed by atoms with Crippen molar-refractivity contribution in [3.05, 3.63) is 89.7 Å². The van der Waals surface area contributed by atoms with Gasteiger partial charge in [-0.05, 0) is 88.0 Å². The predicted octanol–water partition coefficient (Wildman–Crippen LogP) is 4.99. The van der Waals surface area contributed by atoms with E-state index >= 15 is 0 Å². The van der Waals surface area contributed by atoms with E-state index in [0.717, 1.165) is 14.8 Å². The minimum absolute atomic E-state index is 0.00397. The molecule has 7 nitrogen and oxygen atoms in total. The van der Waals surface area contributed by atoms with Crippen LogP contribution in [0.4, 0.5) is 10.1 Å². The summed E-state index contributed by atoms with van der Waals surface area (Å²) >= 11 is 1.49. The van der Waals surface area contributed by atoms with E-state index in [1.54, 1.807) is 43.3 Å². The molecule has 2 amide bonds. The molecule has 1 atom stereocenters. The molecule has 0 fully saturated rings. The Morgan fingerprint density at radius 3 is 2.05 bits per heavy atom. The molecule has 0 bridgehead atoms. The van der Waals surface area contributed by atoms with E-state index < -0.39 is 34.3 Å². The Hall–Kier alpha value is -3.37. The van der Waals surface area contributed by atoms with Crippen molar-refractivity contribution in [2.24, 2.45) is 0 Å². The summed E-state index contributed by atoms with van der Waals surface area (Å²) in [4.78, 5) is 29.0. The van der Waals surface area contributed by atoms with Crippen LogP contribution in [0.3, 0.4) is 0 Å². The summed E-state index contributed by atoms with van der Waals surface area (Å²) in [5.74, 6) is -1.38. The van der Waals surface area contributed by atoms with Crippen molar-refractivity contribution in [3.63, 3.8) is 0 Å². The topological polar surface area (TPSA) is 86.8 Å². The zero-order valence-electron chi connectivity index (χ0n) is 22.7. The van der Waals surface area contributed by atoms with Gasteiger partial charge in [0.15, 0.2) is 0 Å². The molecule has 0 aliphatic rings. The summed E-state index contributed by atoms with van der Waals surface area (Å²) in [6, 6.07) is 17.9. The number of carbonyl (C=O) groups excluding carboxylic acids is 2. The first kappa shape index (κ1) is 30.2. The SMILES string of the molecule is CSc1ccc(S(=O)(=O)N(CC(=O)N(Cc2ccc(F)cc2)[C@@H](C)C(=O)NC(C)C)c2ccc(C)cc2)cc1. The Morgan fingerprint density at radius 1 is 0.923 bits per heavy atom. The monoisotopic (exact) mass is 571 g/mol. The average Bonchev–Trinajstić information content (AvgIpc) is 2.91. The zero-order valence-corrected chi connectivity index (χ0v) is 24.4. The summed E-state index contributed by atoms with van der Waals surface area (Å²) in [5.41, 5.74) is 1.86. The Bertz CT molecular complexity index is 1380. The summed E-state index contributed by atoms with van der Waals surface area (Å²) in [6.07, 6.45) is 1.90. The van der Waals surface area contributed by atoms with Crippen LogP contribution in [0, 0.1) is 12.7 Å². The van der Waals surface area contributed by atoms with Crippen molar-refractivity contribution in [3.8, 4) is 0 Å². The first-order valence-electron chi connectivity index (χ1n) is 12.5. The number of hydrogen-bond acceptors (Lipinski definition) is 5. The molecule has 1 N–H and O–H groups in total. The number of sulfonamides is 1. The van der Waals surface area contributed by atoms with Crippen molar-refractivity contribution >= 4 is 39.3 Å². The highest BCUT2D eigenvalue weighted by Gasteiger charge is 2.32. The van der Waals surface area contributed by atoms with Gasteiger partial charge in [0.2, 0.25) is 11.8 Å². The number of benzene rings is 3. The molecule has 0 saturated heterocycles. The number of carbonyl (C=O) groups is 2. The number of halogens is 1. The van der Waals surface area contributed by atoms with Gasteiger partial charge in [0, 0.05) is 17.5 Å². The summed E-state index contributed by atoms with van der Waals surface area (Å²) in [7, 11) is -4.14. The second-order valence-corrected chi connectivity index (χ2v) is 12.3. The lowest BCUT2D eigenvalue weighted by Crippen LogP contribution is -2.52. The highest BCUT2D eigenvalue weighted by atomic mass is 32.2. The van der Waals surface area contributed by atoms with Crippen molar-refractivity contribution in [2.45, 2.75) is 56.1 Å². The molecule has 0 spiro atoms. The molecule has 10 heteroatoms. The maximum atomic E-state index is 13.8. The van der Waals surface area contributed by atoms with Crippen LogP contribution in [-0.2, 0) is 26.2 Å². The third kappa shape index (κ3) is 7.83. The highest BCUT2D eigenvalue weighted by Crippen LogP contribution is 2.26. The molecule has 39 heavy (non-hydrogen) atoms. The largest absolute Gasteiger partial charge is 0.352 e. The molecule has 0 radical (unpaired) electrons. The quantitative estimate of drug-likeness (QED) is 0.328. The van der Waals surface area contributed by atoms with E-state index in [-0.39, 0.29) is 23.4 Å². The van der Waals surface area contributed by atoms with Crippen molar-refractivity contribution in [1.82, 2.24) is 10.2 Å². The van der Waals surface area contributed by atoms with E-state index in [1.807, 2.05) is 27.0 Å². The molecule has 3 rings (SSSR count). The van der Waals surface area contributed by atoms with Gasteiger partial charge < -0.3 is 10.2 Å². The zero-order chi connectivity index (χ0) is 28.7. The average molecular weight is 572 g/mol. The lowest BCUT2D eigenvalue weighted by Gasteiger charge is -2.32. The highest BCUT2D eigenvalue weighted by molar-refractivity contribution is 7.98. The lowest BCUT2D eigenvalue weighted by atomic mass is 10.1. The third-order valence-corrected chi connectivity index (χ3v) is 8.64. The van der Waals surface area contributed by atoms with E-state index in [0.29, 0.717) is 11.3 Å². The number of nitrogens with one attached hydrogen (secondary N) is 1. The molecule has 208 valence electrons. The van der Waals surface area contributed by atoms with Crippen LogP contribution in [0.2, 0.25) is 0 Å². The first-order chi connectivity index (χ1) is 18.4. The van der Waals surface area contributed by atoms with Gasteiger partial charge in [-0.2, -0.15) is 0 Å². The Kier molecular flexibility index (Phi) is 10.2. The van der Waals surface area contributed by atoms with Crippen LogP contribution < -0.4 is 9.62 Å². The Balaban J connectivity index is 2.02. The van der Waals surface area contributed by atoms with Crippen LogP contribution in [-0.4, -0.2) is 50.0 Å². The van der Waals surface area contributed by atoms with E-state index in [2.05, 4.69) is 5.32 Å². The van der Waals surface area contributed by atoms with Gasteiger partial charge in [-0.3, -0.25) is 13.9 Å². The molecule has 0 aliphatic heterocycles. The Labute approximate surface area is 234 Å². The van der Waals surface area contributed by atoms with Gasteiger partial charge in [0.1, 0.15) is 18.4 Å². The van der Waals surface area contributed by atoms with Crippen LogP contribution in [0.15, 0.2) is 82.6 Å². The van der Waals surface area contributed by atoms with Crippen LogP contribution in [0.5, 0.6) is 0 Å². The summed E-state index contributed by atoms with van der Waals surface area (Å²) in [6.45, 7) is 6.56. The van der Waals surface area contributed by atoms with Crippen molar-refractivity contribution < 1.29 is 22.4 Å². The molecule has 3 aromatic rings. The second-order valence-electron chi connectivity index (χ2n) is 9.51. The van der Waals surface area contributed by atoms with E-state index in [1.165, 1.54) is 53.1 Å². The third-order valence-electron chi connectivity index (χ3n) is 6.11. The molecule has 0 heterocycles. The van der Waals surface area contributed by atoms with Gasteiger partial charge >= 0.3 is 0 Å². The maximum absolute atomic E-state index is 13.8. The Morgan fingerprint density at radius 2 is 1.51 bits per heavy atom. The fraction of sp³-hybridized carbons (Fsp3) is 0.310. The number of nitrogens with zero attached hydrogens (tertiary/aromatic N) is 2. The predicted molar refractivity (Wildman–Crippen MR) is 154 cm³/mol. The number of rotatable bonds is 11. The smallest absolute Gasteiger partial charge is 0.264 e.